The zero-order chi connectivity index (χ0) is 11.4. The van der Waals surface area contributed by atoms with Gasteiger partial charge in [0.2, 0.25) is 0 Å². The number of hydrogen-bond acceptors (Lipinski definition) is 4. The highest BCUT2D eigenvalue weighted by atomic mass is 79.9. The number of rotatable bonds is 2. The van der Waals surface area contributed by atoms with Crippen molar-refractivity contribution in [2.45, 2.75) is 0 Å². The summed E-state index contributed by atoms with van der Waals surface area (Å²) in [6.45, 7) is 0. The summed E-state index contributed by atoms with van der Waals surface area (Å²) in [5, 5.41) is 8.67. The molecule has 0 aliphatic heterocycles. The maximum atomic E-state index is 11.3. The van der Waals surface area contributed by atoms with Crippen LogP contribution in [0.5, 0.6) is 0 Å². The first kappa shape index (κ1) is 11.4. The summed E-state index contributed by atoms with van der Waals surface area (Å²) in [5.74, 6) is -0.617. The number of carbonyl (C=O) groups is 2. The molecule has 0 radical (unpaired) electrons. The molecule has 0 unspecified atom stereocenters. The Bertz CT molecular complexity index is 462. The number of benzene rings is 1. The van der Waals surface area contributed by atoms with Crippen LogP contribution in [0.4, 0.5) is 0 Å². The summed E-state index contributed by atoms with van der Waals surface area (Å²) in [6, 6.07) is 4.68. The van der Waals surface area contributed by atoms with Gasteiger partial charge in [-0.1, -0.05) is 0 Å². The van der Waals surface area contributed by atoms with Crippen LogP contribution in [-0.4, -0.2) is 19.4 Å². The van der Waals surface area contributed by atoms with Crippen LogP contribution in [0.15, 0.2) is 16.6 Å². The SMILES string of the molecule is COC(=O)c1c(Br)cc(C#N)cc1C=O. The van der Waals surface area contributed by atoms with Gasteiger partial charge in [0.05, 0.1) is 24.3 Å². The van der Waals surface area contributed by atoms with Crippen molar-refractivity contribution >= 4 is 28.2 Å². The van der Waals surface area contributed by atoms with Gasteiger partial charge in [-0.2, -0.15) is 5.26 Å². The fraction of sp³-hybridized carbons (Fsp3) is 0.100. The largest absolute Gasteiger partial charge is 0.465 e. The van der Waals surface area contributed by atoms with Gasteiger partial charge in [-0.15, -0.1) is 0 Å². The average molecular weight is 268 g/mol. The third-order valence-electron chi connectivity index (χ3n) is 1.77. The molecule has 0 N–H and O–H groups in total. The predicted molar refractivity (Wildman–Crippen MR) is 55.6 cm³/mol. The van der Waals surface area contributed by atoms with Gasteiger partial charge in [-0.3, -0.25) is 4.79 Å². The summed E-state index contributed by atoms with van der Waals surface area (Å²) in [5.41, 5.74) is 0.566. The Balaban J connectivity index is 3.45. The van der Waals surface area contributed by atoms with E-state index in [-0.39, 0.29) is 11.1 Å². The van der Waals surface area contributed by atoms with Crippen LogP contribution in [0.2, 0.25) is 0 Å². The molecule has 0 atom stereocenters. The lowest BCUT2D eigenvalue weighted by molar-refractivity contribution is 0.0597. The summed E-state index contributed by atoms with van der Waals surface area (Å²) < 4.78 is 4.89. The smallest absolute Gasteiger partial charge is 0.339 e. The van der Waals surface area contributed by atoms with Gasteiger partial charge in [-0.25, -0.2) is 4.79 Å². The second kappa shape index (κ2) is 4.71. The minimum Gasteiger partial charge on any atom is -0.465 e. The molecule has 15 heavy (non-hydrogen) atoms. The molecular formula is C10H6BrNO3. The number of esters is 1. The minimum atomic E-state index is -0.617. The Hall–Kier alpha value is -1.67. The second-order valence-corrected chi connectivity index (χ2v) is 3.50. The highest BCUT2D eigenvalue weighted by molar-refractivity contribution is 9.10. The van der Waals surface area contributed by atoms with Crippen molar-refractivity contribution in [3.05, 3.63) is 33.3 Å². The van der Waals surface area contributed by atoms with Crippen molar-refractivity contribution in [1.82, 2.24) is 0 Å². The zero-order valence-corrected chi connectivity index (χ0v) is 9.37. The van der Waals surface area contributed by atoms with Crippen molar-refractivity contribution in [2.24, 2.45) is 0 Å². The van der Waals surface area contributed by atoms with Crippen LogP contribution in [0, 0.1) is 11.3 Å². The van der Waals surface area contributed by atoms with Crippen LogP contribution in [0.3, 0.4) is 0 Å². The Morgan fingerprint density at radius 3 is 2.73 bits per heavy atom. The Morgan fingerprint density at radius 1 is 1.60 bits per heavy atom. The Kier molecular flexibility index (Phi) is 3.58. The quantitative estimate of drug-likeness (QED) is 0.607. The monoisotopic (exact) mass is 267 g/mol. The Labute approximate surface area is 94.6 Å². The lowest BCUT2D eigenvalue weighted by atomic mass is 10.1. The van der Waals surface area contributed by atoms with Gasteiger partial charge in [0.25, 0.3) is 0 Å². The van der Waals surface area contributed by atoms with E-state index in [1.54, 1.807) is 0 Å². The molecule has 76 valence electrons. The van der Waals surface area contributed by atoms with Crippen molar-refractivity contribution in [3.63, 3.8) is 0 Å². The van der Waals surface area contributed by atoms with Gasteiger partial charge in [-0.05, 0) is 28.1 Å². The summed E-state index contributed by atoms with van der Waals surface area (Å²) >= 11 is 3.11. The standard InChI is InChI=1S/C10H6BrNO3/c1-15-10(14)9-7(5-13)2-6(4-12)3-8(9)11/h2-3,5H,1H3. The van der Waals surface area contributed by atoms with Crippen molar-refractivity contribution < 1.29 is 14.3 Å². The molecule has 0 fully saturated rings. The van der Waals surface area contributed by atoms with E-state index in [4.69, 9.17) is 5.26 Å². The van der Waals surface area contributed by atoms with Crippen LogP contribution in [0.25, 0.3) is 0 Å². The van der Waals surface area contributed by atoms with Gasteiger partial charge < -0.3 is 4.74 Å². The molecule has 1 aromatic rings. The highest BCUT2D eigenvalue weighted by Crippen LogP contribution is 2.22. The van der Waals surface area contributed by atoms with E-state index >= 15 is 0 Å². The normalized spacial score (nSPS) is 9.13. The van der Waals surface area contributed by atoms with E-state index in [9.17, 15) is 9.59 Å². The maximum Gasteiger partial charge on any atom is 0.339 e. The molecule has 0 bridgehead atoms. The number of ether oxygens (including phenoxy) is 1. The number of hydrogen-bond donors (Lipinski definition) is 0. The lowest BCUT2D eigenvalue weighted by Crippen LogP contribution is -2.07. The highest BCUT2D eigenvalue weighted by Gasteiger charge is 2.16. The minimum absolute atomic E-state index is 0.131. The summed E-state index contributed by atoms with van der Waals surface area (Å²) in [7, 11) is 1.22. The molecule has 5 heteroatoms. The number of halogens is 1. The topological polar surface area (TPSA) is 67.2 Å². The van der Waals surface area contributed by atoms with Crippen molar-refractivity contribution in [3.8, 4) is 6.07 Å². The van der Waals surface area contributed by atoms with Gasteiger partial charge >= 0.3 is 5.97 Å². The van der Waals surface area contributed by atoms with E-state index < -0.39 is 5.97 Å². The Morgan fingerprint density at radius 2 is 2.27 bits per heavy atom. The average Bonchev–Trinajstić information content (AvgIpc) is 2.26. The molecule has 1 rings (SSSR count). The van der Waals surface area contributed by atoms with Crippen molar-refractivity contribution in [2.75, 3.05) is 7.11 Å². The van der Waals surface area contributed by atoms with Crippen LogP contribution in [-0.2, 0) is 4.74 Å². The fourth-order valence-electron chi connectivity index (χ4n) is 1.10. The van der Waals surface area contributed by atoms with E-state index in [2.05, 4.69) is 20.7 Å². The van der Waals surface area contributed by atoms with Crippen LogP contribution < -0.4 is 0 Å². The first-order valence-corrected chi connectivity index (χ1v) is 4.70. The number of nitrogens with zero attached hydrogens (tertiary/aromatic N) is 1. The van der Waals surface area contributed by atoms with Crippen LogP contribution in [0.1, 0.15) is 26.3 Å². The molecular weight excluding hydrogens is 262 g/mol. The molecule has 1 aromatic carbocycles. The third-order valence-corrected chi connectivity index (χ3v) is 2.39. The molecule has 0 aromatic heterocycles. The van der Waals surface area contributed by atoms with E-state index in [1.165, 1.54) is 19.2 Å². The first-order chi connectivity index (χ1) is 7.13. The van der Waals surface area contributed by atoms with Gasteiger partial charge in [0.1, 0.15) is 0 Å². The number of nitriles is 1. The lowest BCUT2D eigenvalue weighted by Gasteiger charge is -2.05. The maximum absolute atomic E-state index is 11.3. The van der Waals surface area contributed by atoms with E-state index in [0.717, 1.165) is 0 Å². The van der Waals surface area contributed by atoms with E-state index in [0.29, 0.717) is 16.3 Å². The van der Waals surface area contributed by atoms with Gasteiger partial charge in [0.15, 0.2) is 6.29 Å². The summed E-state index contributed by atoms with van der Waals surface area (Å²) in [4.78, 5) is 22.0. The van der Waals surface area contributed by atoms with Crippen LogP contribution >= 0.6 is 15.9 Å². The first-order valence-electron chi connectivity index (χ1n) is 3.91. The van der Waals surface area contributed by atoms with Gasteiger partial charge in [0, 0.05) is 10.0 Å². The number of aldehydes is 1. The second-order valence-electron chi connectivity index (χ2n) is 2.64. The molecule has 0 saturated heterocycles. The molecule has 0 saturated carbocycles. The molecule has 0 heterocycles. The zero-order valence-electron chi connectivity index (χ0n) is 7.78. The predicted octanol–water partition coefficient (Wildman–Crippen LogP) is 1.92. The number of methoxy groups -OCH3 is 1. The summed E-state index contributed by atoms with van der Waals surface area (Å²) in [6.07, 6.45) is 0.512. The number of carbonyl (C=O) groups excluding carboxylic acids is 2. The molecule has 4 nitrogen and oxygen atoms in total. The van der Waals surface area contributed by atoms with E-state index in [1.807, 2.05) is 6.07 Å². The fourth-order valence-corrected chi connectivity index (χ4v) is 1.74. The third kappa shape index (κ3) is 2.22. The molecule has 0 aliphatic carbocycles. The molecule has 0 aliphatic rings. The van der Waals surface area contributed by atoms with Crippen molar-refractivity contribution in [1.29, 1.82) is 5.26 Å². The molecule has 0 spiro atoms. The molecule has 0 amide bonds.